The van der Waals surface area contributed by atoms with E-state index in [1.807, 2.05) is 0 Å². The van der Waals surface area contributed by atoms with Crippen LogP contribution in [0.1, 0.15) is 31.8 Å². The maximum Gasteiger partial charge on any atom is 0.337 e. The van der Waals surface area contributed by atoms with Crippen molar-refractivity contribution in [1.82, 2.24) is 0 Å². The molecule has 2 aromatic carbocycles. The molecule has 2 rings (SSSR count). The van der Waals surface area contributed by atoms with E-state index in [1.165, 1.54) is 26.4 Å². The molecule has 0 aromatic heterocycles. The number of allylic oxidation sites excluding steroid dienone is 2. The molecule has 0 N–H and O–H groups in total. The van der Waals surface area contributed by atoms with Crippen LogP contribution in [0.4, 0.5) is 0 Å². The monoisotopic (exact) mass is 350 g/mol. The largest absolute Gasteiger partial charge is 0.465 e. The maximum absolute atomic E-state index is 11.9. The number of ketones is 1. The molecule has 0 atom stereocenters. The molecule has 0 aliphatic rings. The Bertz CT molecular complexity index is 771. The van der Waals surface area contributed by atoms with Crippen LogP contribution >= 0.6 is 0 Å². The van der Waals surface area contributed by atoms with E-state index >= 15 is 0 Å². The molecule has 2 aromatic rings. The third kappa shape index (κ3) is 5.27. The lowest BCUT2D eigenvalue weighted by Gasteiger charge is -1.99. The number of rotatable bonds is 6. The van der Waals surface area contributed by atoms with Crippen LogP contribution in [0.25, 0.3) is 12.2 Å². The molecule has 0 radical (unpaired) electrons. The normalized spacial score (nSPS) is 10.8. The number of esters is 2. The lowest BCUT2D eigenvalue weighted by molar-refractivity contribution is -0.110. The number of ether oxygens (including phenoxy) is 2. The van der Waals surface area contributed by atoms with Crippen molar-refractivity contribution in [1.29, 1.82) is 0 Å². The zero-order valence-corrected chi connectivity index (χ0v) is 14.5. The first-order valence-corrected chi connectivity index (χ1v) is 7.80. The van der Waals surface area contributed by atoms with Gasteiger partial charge >= 0.3 is 11.9 Å². The third-order valence-electron chi connectivity index (χ3n) is 3.54. The summed E-state index contributed by atoms with van der Waals surface area (Å²) in [6.45, 7) is 0. The van der Waals surface area contributed by atoms with Gasteiger partial charge in [0.1, 0.15) is 0 Å². The average Bonchev–Trinajstić information content (AvgIpc) is 2.70. The van der Waals surface area contributed by atoms with Gasteiger partial charge in [-0.3, -0.25) is 4.79 Å². The summed E-state index contributed by atoms with van der Waals surface area (Å²) in [6, 6.07) is 13.4. The fourth-order valence-electron chi connectivity index (χ4n) is 2.11. The molecule has 0 fully saturated rings. The van der Waals surface area contributed by atoms with Gasteiger partial charge in [-0.15, -0.1) is 0 Å². The van der Waals surface area contributed by atoms with E-state index in [0.29, 0.717) is 11.1 Å². The van der Waals surface area contributed by atoms with Gasteiger partial charge in [-0.05, 0) is 47.5 Å². The quantitative estimate of drug-likeness (QED) is 0.588. The Morgan fingerprint density at radius 1 is 0.654 bits per heavy atom. The molecule has 0 saturated heterocycles. The lowest BCUT2D eigenvalue weighted by Crippen LogP contribution is -2.00. The van der Waals surface area contributed by atoms with Gasteiger partial charge in [-0.2, -0.15) is 0 Å². The Labute approximate surface area is 151 Å². The highest BCUT2D eigenvalue weighted by atomic mass is 16.5. The molecule has 5 nitrogen and oxygen atoms in total. The fourth-order valence-corrected chi connectivity index (χ4v) is 2.11. The summed E-state index contributed by atoms with van der Waals surface area (Å²) in [4.78, 5) is 34.6. The highest BCUT2D eigenvalue weighted by Crippen LogP contribution is 2.09. The van der Waals surface area contributed by atoms with Gasteiger partial charge in [-0.1, -0.05) is 36.4 Å². The number of hydrogen-bond donors (Lipinski definition) is 0. The van der Waals surface area contributed by atoms with Crippen LogP contribution in [-0.2, 0) is 14.3 Å². The molecule has 0 aliphatic carbocycles. The molecule has 0 amide bonds. The van der Waals surface area contributed by atoms with Crippen LogP contribution < -0.4 is 0 Å². The molecule has 132 valence electrons. The number of hydrogen-bond acceptors (Lipinski definition) is 5. The standard InChI is InChI=1S/C21H18O5/c1-25-20(23)17-9-3-15(4-10-17)7-13-19(22)14-8-16-5-11-18(12-6-16)21(24)26-2/h3-14H,1-2H3. The predicted molar refractivity (Wildman–Crippen MR) is 98.6 cm³/mol. The van der Waals surface area contributed by atoms with Gasteiger partial charge in [0, 0.05) is 0 Å². The van der Waals surface area contributed by atoms with E-state index in [4.69, 9.17) is 0 Å². The average molecular weight is 350 g/mol. The van der Waals surface area contributed by atoms with Crippen molar-refractivity contribution in [3.8, 4) is 0 Å². The Morgan fingerprint density at radius 3 is 1.31 bits per heavy atom. The minimum absolute atomic E-state index is 0.181. The Hall–Kier alpha value is -3.47. The summed E-state index contributed by atoms with van der Waals surface area (Å²) >= 11 is 0. The molecular weight excluding hydrogens is 332 g/mol. The van der Waals surface area contributed by atoms with Crippen molar-refractivity contribution in [3.05, 3.63) is 82.9 Å². The zero-order valence-electron chi connectivity index (χ0n) is 14.5. The molecule has 0 aliphatic heterocycles. The molecule has 26 heavy (non-hydrogen) atoms. The summed E-state index contributed by atoms with van der Waals surface area (Å²) in [6.07, 6.45) is 6.20. The van der Waals surface area contributed by atoms with E-state index in [2.05, 4.69) is 9.47 Å². The summed E-state index contributed by atoms with van der Waals surface area (Å²) in [5.74, 6) is -0.991. The molecule has 0 saturated carbocycles. The fraction of sp³-hybridized carbons (Fsp3) is 0.0952. The summed E-state index contributed by atoms with van der Waals surface area (Å²) < 4.78 is 9.26. The van der Waals surface area contributed by atoms with Gasteiger partial charge in [0.25, 0.3) is 0 Å². The second-order valence-electron chi connectivity index (χ2n) is 5.30. The van der Waals surface area contributed by atoms with Crippen molar-refractivity contribution in [2.45, 2.75) is 0 Å². The second kappa shape index (κ2) is 9.13. The Kier molecular flexibility index (Phi) is 6.62. The van der Waals surface area contributed by atoms with Gasteiger partial charge in [0.05, 0.1) is 25.3 Å². The number of carbonyl (C=O) groups is 3. The smallest absolute Gasteiger partial charge is 0.337 e. The van der Waals surface area contributed by atoms with Crippen LogP contribution in [-0.4, -0.2) is 31.9 Å². The summed E-state index contributed by atoms with van der Waals surface area (Å²) in [7, 11) is 2.65. The van der Waals surface area contributed by atoms with Crippen LogP contribution in [0.5, 0.6) is 0 Å². The van der Waals surface area contributed by atoms with Gasteiger partial charge in [0.15, 0.2) is 5.78 Å². The first kappa shape index (κ1) is 18.9. The zero-order chi connectivity index (χ0) is 18.9. The first-order valence-electron chi connectivity index (χ1n) is 7.80. The number of carbonyl (C=O) groups excluding carboxylic acids is 3. The third-order valence-corrected chi connectivity index (χ3v) is 3.54. The van der Waals surface area contributed by atoms with E-state index in [9.17, 15) is 14.4 Å². The molecule has 0 heterocycles. The summed E-state index contributed by atoms with van der Waals surface area (Å²) in [5, 5.41) is 0. The molecule has 5 heteroatoms. The SMILES string of the molecule is COC(=O)c1ccc(C=CC(=O)C=Cc2ccc(C(=O)OC)cc2)cc1. The summed E-state index contributed by atoms with van der Waals surface area (Å²) in [5.41, 5.74) is 2.49. The first-order chi connectivity index (χ1) is 12.5. The predicted octanol–water partition coefficient (Wildman–Crippen LogP) is 3.56. The van der Waals surface area contributed by atoms with Crippen LogP contribution in [0.2, 0.25) is 0 Å². The second-order valence-corrected chi connectivity index (χ2v) is 5.30. The highest BCUT2D eigenvalue weighted by molar-refractivity contribution is 6.04. The number of benzene rings is 2. The Morgan fingerprint density at radius 2 is 1.00 bits per heavy atom. The van der Waals surface area contributed by atoms with Crippen LogP contribution in [0, 0.1) is 0 Å². The topological polar surface area (TPSA) is 69.7 Å². The maximum atomic E-state index is 11.9. The van der Waals surface area contributed by atoms with E-state index in [-0.39, 0.29) is 5.78 Å². The van der Waals surface area contributed by atoms with Gasteiger partial charge in [-0.25, -0.2) is 9.59 Å². The van der Waals surface area contributed by atoms with Gasteiger partial charge < -0.3 is 9.47 Å². The molecule has 0 bridgehead atoms. The van der Waals surface area contributed by atoms with E-state index in [1.54, 1.807) is 60.7 Å². The molecule has 0 unspecified atom stereocenters. The van der Waals surface area contributed by atoms with Crippen LogP contribution in [0.3, 0.4) is 0 Å². The van der Waals surface area contributed by atoms with E-state index < -0.39 is 11.9 Å². The van der Waals surface area contributed by atoms with Crippen molar-refractivity contribution >= 4 is 29.9 Å². The van der Waals surface area contributed by atoms with E-state index in [0.717, 1.165) is 11.1 Å². The minimum Gasteiger partial charge on any atom is -0.465 e. The Balaban J connectivity index is 1.97. The van der Waals surface area contributed by atoms with Crippen molar-refractivity contribution in [2.24, 2.45) is 0 Å². The van der Waals surface area contributed by atoms with Crippen molar-refractivity contribution in [3.63, 3.8) is 0 Å². The van der Waals surface area contributed by atoms with Crippen molar-refractivity contribution < 1.29 is 23.9 Å². The van der Waals surface area contributed by atoms with Crippen molar-refractivity contribution in [2.75, 3.05) is 14.2 Å². The minimum atomic E-state index is -0.405. The highest BCUT2D eigenvalue weighted by Gasteiger charge is 2.04. The van der Waals surface area contributed by atoms with Gasteiger partial charge in [0.2, 0.25) is 0 Å². The molecular formula is C21H18O5. The lowest BCUT2D eigenvalue weighted by atomic mass is 10.1. The number of methoxy groups -OCH3 is 2. The molecule has 0 spiro atoms. The van der Waals surface area contributed by atoms with Crippen LogP contribution in [0.15, 0.2) is 60.7 Å².